The Bertz CT molecular complexity index is 876. The molecule has 0 aliphatic carbocycles. The minimum absolute atomic E-state index is 0.122. The minimum Gasteiger partial charge on any atom is -0.354 e. The second kappa shape index (κ2) is 7.43. The molecule has 1 aliphatic heterocycles. The molecule has 1 heterocycles. The highest BCUT2D eigenvalue weighted by atomic mass is 35.5. The van der Waals surface area contributed by atoms with Gasteiger partial charge in [0.05, 0.1) is 21.2 Å². The van der Waals surface area contributed by atoms with Crippen molar-refractivity contribution in [3.8, 4) is 0 Å². The van der Waals surface area contributed by atoms with Crippen LogP contribution < -0.4 is 5.32 Å². The van der Waals surface area contributed by atoms with Crippen molar-refractivity contribution in [2.45, 2.75) is 6.42 Å². The quantitative estimate of drug-likeness (QED) is 0.792. The molecule has 134 valence electrons. The highest BCUT2D eigenvalue weighted by Crippen LogP contribution is 2.31. The Balaban J connectivity index is 1.60. The van der Waals surface area contributed by atoms with Gasteiger partial charge in [0.15, 0.2) is 0 Å². The van der Waals surface area contributed by atoms with Gasteiger partial charge < -0.3 is 5.32 Å². The lowest BCUT2D eigenvalue weighted by molar-refractivity contribution is -0.121. The topological polar surface area (TPSA) is 66.5 Å². The second-order valence-electron chi connectivity index (χ2n) is 5.74. The maximum atomic E-state index is 13.1. The summed E-state index contributed by atoms with van der Waals surface area (Å²) in [6.07, 6.45) is 0.427. The Hall–Kier alpha value is -2.44. The molecule has 0 saturated heterocycles. The molecular weight excluding hydrogens is 382 g/mol. The van der Waals surface area contributed by atoms with Gasteiger partial charge in [0.25, 0.3) is 11.8 Å². The van der Waals surface area contributed by atoms with Crippen LogP contribution in [0.1, 0.15) is 26.3 Å². The van der Waals surface area contributed by atoms with E-state index in [0.717, 1.165) is 10.5 Å². The Kier molecular flexibility index (Phi) is 5.25. The number of benzene rings is 2. The van der Waals surface area contributed by atoms with E-state index in [1.165, 1.54) is 24.3 Å². The summed E-state index contributed by atoms with van der Waals surface area (Å²) in [5.41, 5.74) is 0.976. The van der Waals surface area contributed by atoms with E-state index < -0.39 is 24.3 Å². The molecule has 0 unspecified atom stereocenters. The lowest BCUT2D eigenvalue weighted by atomic mass is 10.1. The third-order valence-electron chi connectivity index (χ3n) is 3.94. The number of imide groups is 1. The average molecular weight is 395 g/mol. The number of nitrogens with one attached hydrogen (secondary N) is 1. The van der Waals surface area contributed by atoms with Crippen LogP contribution in [0.3, 0.4) is 0 Å². The lowest BCUT2D eigenvalue weighted by Crippen LogP contribution is -2.40. The van der Waals surface area contributed by atoms with Crippen LogP contribution in [-0.4, -0.2) is 35.7 Å². The largest absolute Gasteiger partial charge is 0.354 e. The number of hydrogen-bond acceptors (Lipinski definition) is 3. The van der Waals surface area contributed by atoms with Gasteiger partial charge in [-0.1, -0.05) is 35.3 Å². The number of amides is 3. The van der Waals surface area contributed by atoms with Crippen LogP contribution in [0.15, 0.2) is 36.4 Å². The van der Waals surface area contributed by atoms with E-state index in [0.29, 0.717) is 6.42 Å². The summed E-state index contributed by atoms with van der Waals surface area (Å²) >= 11 is 11.8. The Morgan fingerprint density at radius 3 is 2.23 bits per heavy atom. The van der Waals surface area contributed by atoms with Gasteiger partial charge in [0.2, 0.25) is 5.91 Å². The molecule has 0 saturated carbocycles. The Morgan fingerprint density at radius 1 is 1.04 bits per heavy atom. The van der Waals surface area contributed by atoms with Crippen molar-refractivity contribution in [1.82, 2.24) is 10.2 Å². The Morgan fingerprint density at radius 2 is 1.65 bits per heavy atom. The maximum Gasteiger partial charge on any atom is 0.262 e. The lowest BCUT2D eigenvalue weighted by Gasteiger charge is -2.13. The molecule has 26 heavy (non-hydrogen) atoms. The molecule has 0 fully saturated rings. The average Bonchev–Trinajstić information content (AvgIpc) is 2.80. The summed E-state index contributed by atoms with van der Waals surface area (Å²) < 4.78 is 13.1. The van der Waals surface area contributed by atoms with Gasteiger partial charge in [-0.3, -0.25) is 19.3 Å². The maximum absolute atomic E-state index is 13.1. The molecule has 0 aromatic heterocycles. The fourth-order valence-corrected chi connectivity index (χ4v) is 2.99. The van der Waals surface area contributed by atoms with E-state index in [-0.39, 0.29) is 33.5 Å². The van der Waals surface area contributed by atoms with Crippen molar-refractivity contribution in [3.05, 3.63) is 69.0 Å². The molecule has 2 aromatic carbocycles. The summed E-state index contributed by atoms with van der Waals surface area (Å²) in [7, 11) is 0. The molecular formula is C18H13Cl2FN2O3. The molecule has 1 aliphatic rings. The van der Waals surface area contributed by atoms with Gasteiger partial charge in [-0.2, -0.15) is 0 Å². The zero-order valence-electron chi connectivity index (χ0n) is 13.4. The molecule has 0 bridgehead atoms. The van der Waals surface area contributed by atoms with E-state index in [4.69, 9.17) is 23.2 Å². The van der Waals surface area contributed by atoms with Crippen molar-refractivity contribution < 1.29 is 18.8 Å². The summed E-state index contributed by atoms with van der Waals surface area (Å²) in [5, 5.41) is 2.93. The number of carbonyl (C=O) groups excluding carboxylic acids is 3. The summed E-state index contributed by atoms with van der Waals surface area (Å²) in [5.74, 6) is -2.03. The van der Waals surface area contributed by atoms with Gasteiger partial charge in [0.1, 0.15) is 12.4 Å². The number of nitrogens with zero attached hydrogens (tertiary/aromatic N) is 1. The van der Waals surface area contributed by atoms with Crippen LogP contribution in [-0.2, 0) is 11.2 Å². The molecule has 0 spiro atoms. The zero-order valence-corrected chi connectivity index (χ0v) is 14.9. The third kappa shape index (κ3) is 3.71. The SMILES string of the molecule is O=C(CN1C(=O)c2cc(Cl)c(Cl)cc2C1=O)NCCc1cccc(F)c1. The van der Waals surface area contributed by atoms with E-state index in [1.807, 2.05) is 0 Å². The van der Waals surface area contributed by atoms with Gasteiger partial charge in [0, 0.05) is 6.54 Å². The normalized spacial score (nSPS) is 13.1. The number of halogens is 3. The molecule has 0 atom stereocenters. The number of hydrogen-bond donors (Lipinski definition) is 1. The van der Waals surface area contributed by atoms with Crippen LogP contribution in [0.4, 0.5) is 4.39 Å². The monoisotopic (exact) mass is 394 g/mol. The standard InChI is InChI=1S/C18H13Cl2FN2O3/c19-14-7-12-13(8-15(14)20)18(26)23(17(12)25)9-16(24)22-5-4-10-2-1-3-11(21)6-10/h1-3,6-8H,4-5,9H2,(H,22,24). The fraction of sp³-hybridized carbons (Fsp3) is 0.167. The van der Waals surface area contributed by atoms with Crippen LogP contribution >= 0.6 is 23.2 Å². The number of fused-ring (bicyclic) bond motifs is 1. The first-order valence-electron chi connectivity index (χ1n) is 7.73. The number of carbonyl (C=O) groups is 3. The van der Waals surface area contributed by atoms with Gasteiger partial charge in [-0.05, 0) is 36.2 Å². The third-order valence-corrected chi connectivity index (χ3v) is 4.66. The van der Waals surface area contributed by atoms with E-state index in [2.05, 4.69) is 5.32 Å². The van der Waals surface area contributed by atoms with Gasteiger partial charge >= 0.3 is 0 Å². The smallest absolute Gasteiger partial charge is 0.262 e. The number of rotatable bonds is 5. The molecule has 5 nitrogen and oxygen atoms in total. The molecule has 8 heteroatoms. The van der Waals surface area contributed by atoms with Crippen LogP contribution in [0.5, 0.6) is 0 Å². The molecule has 0 radical (unpaired) electrons. The molecule has 2 aromatic rings. The minimum atomic E-state index is -0.594. The summed E-state index contributed by atoms with van der Waals surface area (Å²) in [6, 6.07) is 8.68. The fourth-order valence-electron chi connectivity index (χ4n) is 2.67. The Labute approximate surface area is 158 Å². The highest BCUT2D eigenvalue weighted by molar-refractivity contribution is 6.43. The predicted molar refractivity (Wildman–Crippen MR) is 94.9 cm³/mol. The molecule has 1 N–H and O–H groups in total. The predicted octanol–water partition coefficient (Wildman–Crippen LogP) is 3.09. The van der Waals surface area contributed by atoms with E-state index >= 15 is 0 Å². The van der Waals surface area contributed by atoms with Crippen molar-refractivity contribution in [1.29, 1.82) is 0 Å². The van der Waals surface area contributed by atoms with E-state index in [9.17, 15) is 18.8 Å². The van der Waals surface area contributed by atoms with Crippen LogP contribution in [0, 0.1) is 5.82 Å². The summed E-state index contributed by atoms with van der Waals surface area (Å²) in [6.45, 7) is -0.159. The molecule has 3 amide bonds. The highest BCUT2D eigenvalue weighted by Gasteiger charge is 2.37. The van der Waals surface area contributed by atoms with Crippen LogP contribution in [0.2, 0.25) is 10.0 Å². The molecule has 3 rings (SSSR count). The van der Waals surface area contributed by atoms with Crippen molar-refractivity contribution >= 4 is 40.9 Å². The van der Waals surface area contributed by atoms with Crippen molar-refractivity contribution in [2.75, 3.05) is 13.1 Å². The van der Waals surface area contributed by atoms with Gasteiger partial charge in [-0.25, -0.2) is 4.39 Å². The first-order valence-corrected chi connectivity index (χ1v) is 8.49. The van der Waals surface area contributed by atoms with Gasteiger partial charge in [-0.15, -0.1) is 0 Å². The van der Waals surface area contributed by atoms with Crippen molar-refractivity contribution in [3.63, 3.8) is 0 Å². The first kappa shape index (κ1) is 18.4. The zero-order chi connectivity index (χ0) is 18.8. The summed E-state index contributed by atoms with van der Waals surface area (Å²) in [4.78, 5) is 37.5. The first-order chi connectivity index (χ1) is 12.4. The van der Waals surface area contributed by atoms with Crippen molar-refractivity contribution in [2.24, 2.45) is 0 Å². The second-order valence-corrected chi connectivity index (χ2v) is 6.55. The van der Waals surface area contributed by atoms with Crippen LogP contribution in [0.25, 0.3) is 0 Å². The van der Waals surface area contributed by atoms with E-state index in [1.54, 1.807) is 12.1 Å².